The molecule has 1 aromatic rings. The highest BCUT2D eigenvalue weighted by molar-refractivity contribution is 5.23. The van der Waals surface area contributed by atoms with Crippen LogP contribution in [0.25, 0.3) is 0 Å². The lowest BCUT2D eigenvalue weighted by Gasteiger charge is -2.23. The van der Waals surface area contributed by atoms with Crippen LogP contribution in [0.2, 0.25) is 0 Å². The van der Waals surface area contributed by atoms with E-state index < -0.39 is 0 Å². The Labute approximate surface area is 91.1 Å². The van der Waals surface area contributed by atoms with Gasteiger partial charge < -0.3 is 5.11 Å². The summed E-state index contributed by atoms with van der Waals surface area (Å²) in [6, 6.07) is 0.567. The fraction of sp³-hybridized carbons (Fsp3) is 0.750. The molecule has 3 heteroatoms. The molecule has 3 nitrogen and oxygen atoms in total. The molecule has 0 aromatic carbocycles. The fourth-order valence-electron chi connectivity index (χ4n) is 2.61. The highest BCUT2D eigenvalue weighted by atomic mass is 16.3. The Bertz CT molecular complexity index is 338. The zero-order chi connectivity index (χ0) is 10.8. The average Bonchev–Trinajstić information content (AvgIpc) is 2.55. The van der Waals surface area contributed by atoms with E-state index in [0.717, 1.165) is 17.0 Å². The van der Waals surface area contributed by atoms with Gasteiger partial charge in [0.1, 0.15) is 0 Å². The van der Waals surface area contributed by atoms with Crippen molar-refractivity contribution in [1.29, 1.82) is 0 Å². The Morgan fingerprint density at radius 1 is 1.27 bits per heavy atom. The molecule has 1 aliphatic rings. The molecule has 0 unspecified atom stereocenters. The van der Waals surface area contributed by atoms with E-state index in [4.69, 9.17) is 0 Å². The summed E-state index contributed by atoms with van der Waals surface area (Å²) in [5.41, 5.74) is 3.16. The number of nitrogens with zero attached hydrogens (tertiary/aromatic N) is 2. The van der Waals surface area contributed by atoms with Crippen molar-refractivity contribution in [2.75, 3.05) is 0 Å². The zero-order valence-electron chi connectivity index (χ0n) is 9.66. The quantitative estimate of drug-likeness (QED) is 0.811. The summed E-state index contributed by atoms with van der Waals surface area (Å²) >= 11 is 0. The predicted molar refractivity (Wildman–Crippen MR) is 59.7 cm³/mol. The number of aryl methyl sites for hydroxylation is 1. The van der Waals surface area contributed by atoms with Crippen LogP contribution in [-0.2, 0) is 6.61 Å². The van der Waals surface area contributed by atoms with Gasteiger partial charge in [0.15, 0.2) is 0 Å². The lowest BCUT2D eigenvalue weighted by Crippen LogP contribution is -2.15. The van der Waals surface area contributed by atoms with Gasteiger partial charge in [-0.05, 0) is 26.7 Å². The second-order valence-electron chi connectivity index (χ2n) is 4.54. The topological polar surface area (TPSA) is 38.0 Å². The molecule has 1 heterocycles. The van der Waals surface area contributed by atoms with Crippen LogP contribution in [0.1, 0.15) is 55.1 Å². The smallest absolute Gasteiger partial charge is 0.0718 e. The van der Waals surface area contributed by atoms with Crippen LogP contribution < -0.4 is 0 Å². The molecule has 0 atom stereocenters. The highest BCUT2D eigenvalue weighted by Gasteiger charge is 2.20. The molecular formula is C12H20N2O. The van der Waals surface area contributed by atoms with Crippen LogP contribution in [-0.4, -0.2) is 14.9 Å². The summed E-state index contributed by atoms with van der Waals surface area (Å²) in [6.07, 6.45) is 6.48. The molecule has 1 saturated carbocycles. The van der Waals surface area contributed by atoms with Gasteiger partial charge in [-0.2, -0.15) is 5.10 Å². The third kappa shape index (κ3) is 1.93. The van der Waals surface area contributed by atoms with Gasteiger partial charge >= 0.3 is 0 Å². The lowest BCUT2D eigenvalue weighted by atomic mass is 9.95. The number of aliphatic hydroxyl groups is 1. The van der Waals surface area contributed by atoms with Crippen molar-refractivity contribution in [3.63, 3.8) is 0 Å². The second kappa shape index (κ2) is 4.35. The molecular weight excluding hydrogens is 188 g/mol. The fourth-order valence-corrected chi connectivity index (χ4v) is 2.61. The van der Waals surface area contributed by atoms with Gasteiger partial charge in [0, 0.05) is 11.3 Å². The van der Waals surface area contributed by atoms with Crippen LogP contribution in [0.15, 0.2) is 0 Å². The Hall–Kier alpha value is -0.830. The molecule has 1 aromatic heterocycles. The Morgan fingerprint density at radius 2 is 1.93 bits per heavy atom. The molecule has 1 fully saturated rings. The van der Waals surface area contributed by atoms with Gasteiger partial charge in [-0.25, -0.2) is 0 Å². The number of aliphatic hydroxyl groups excluding tert-OH is 1. The van der Waals surface area contributed by atoms with E-state index in [1.807, 2.05) is 6.92 Å². The molecule has 0 radical (unpaired) electrons. The summed E-state index contributed by atoms with van der Waals surface area (Å²) in [4.78, 5) is 0. The molecule has 1 aliphatic carbocycles. The SMILES string of the molecule is Cc1nn(C2CCCCC2)c(C)c1CO. The average molecular weight is 208 g/mol. The minimum atomic E-state index is 0.115. The van der Waals surface area contributed by atoms with Crippen LogP contribution >= 0.6 is 0 Å². The molecule has 1 N–H and O–H groups in total. The molecule has 0 spiro atoms. The van der Waals surface area contributed by atoms with Gasteiger partial charge in [-0.1, -0.05) is 19.3 Å². The van der Waals surface area contributed by atoms with Crippen molar-refractivity contribution in [3.05, 3.63) is 17.0 Å². The van der Waals surface area contributed by atoms with Gasteiger partial charge in [0.25, 0.3) is 0 Å². The van der Waals surface area contributed by atoms with Crippen molar-refractivity contribution in [2.24, 2.45) is 0 Å². The molecule has 2 rings (SSSR count). The number of hydrogen-bond acceptors (Lipinski definition) is 2. The first kappa shape index (κ1) is 10.7. The minimum absolute atomic E-state index is 0.115. The Kier molecular flexibility index (Phi) is 3.10. The zero-order valence-corrected chi connectivity index (χ0v) is 9.66. The maximum Gasteiger partial charge on any atom is 0.0718 e. The summed E-state index contributed by atoms with van der Waals surface area (Å²) in [6.45, 7) is 4.17. The summed E-state index contributed by atoms with van der Waals surface area (Å²) in [7, 11) is 0. The third-order valence-electron chi connectivity index (χ3n) is 3.55. The van der Waals surface area contributed by atoms with E-state index in [2.05, 4.69) is 16.7 Å². The molecule has 0 saturated heterocycles. The van der Waals surface area contributed by atoms with Crippen molar-refractivity contribution in [2.45, 2.75) is 58.6 Å². The van der Waals surface area contributed by atoms with Crippen LogP contribution in [0.3, 0.4) is 0 Å². The minimum Gasteiger partial charge on any atom is -0.392 e. The number of aromatic nitrogens is 2. The summed E-state index contributed by atoms with van der Waals surface area (Å²) < 4.78 is 2.14. The molecule has 0 bridgehead atoms. The van der Waals surface area contributed by atoms with E-state index >= 15 is 0 Å². The van der Waals surface area contributed by atoms with E-state index in [1.54, 1.807) is 0 Å². The predicted octanol–water partition coefficient (Wildman–Crippen LogP) is 2.50. The first-order chi connectivity index (χ1) is 7.24. The van der Waals surface area contributed by atoms with Gasteiger partial charge in [0.05, 0.1) is 18.3 Å². The van der Waals surface area contributed by atoms with Crippen molar-refractivity contribution in [1.82, 2.24) is 9.78 Å². The molecule has 84 valence electrons. The van der Waals surface area contributed by atoms with E-state index in [9.17, 15) is 5.11 Å². The van der Waals surface area contributed by atoms with Crippen molar-refractivity contribution < 1.29 is 5.11 Å². The van der Waals surface area contributed by atoms with E-state index in [1.165, 1.54) is 32.1 Å². The highest BCUT2D eigenvalue weighted by Crippen LogP contribution is 2.30. The molecule has 0 amide bonds. The van der Waals surface area contributed by atoms with E-state index in [-0.39, 0.29) is 6.61 Å². The lowest BCUT2D eigenvalue weighted by molar-refractivity contribution is 0.278. The van der Waals surface area contributed by atoms with Crippen molar-refractivity contribution in [3.8, 4) is 0 Å². The van der Waals surface area contributed by atoms with Crippen LogP contribution in [0.5, 0.6) is 0 Å². The second-order valence-corrected chi connectivity index (χ2v) is 4.54. The normalized spacial score (nSPS) is 18.3. The first-order valence-electron chi connectivity index (χ1n) is 5.89. The number of hydrogen-bond donors (Lipinski definition) is 1. The Balaban J connectivity index is 2.27. The first-order valence-corrected chi connectivity index (χ1v) is 5.89. The van der Waals surface area contributed by atoms with Gasteiger partial charge in [-0.3, -0.25) is 4.68 Å². The largest absolute Gasteiger partial charge is 0.392 e. The Morgan fingerprint density at radius 3 is 2.47 bits per heavy atom. The summed E-state index contributed by atoms with van der Waals surface area (Å²) in [5, 5.41) is 13.8. The maximum absolute atomic E-state index is 9.26. The third-order valence-corrected chi connectivity index (χ3v) is 3.55. The van der Waals surface area contributed by atoms with Crippen molar-refractivity contribution >= 4 is 0 Å². The molecule has 15 heavy (non-hydrogen) atoms. The van der Waals surface area contributed by atoms with Gasteiger partial charge in [-0.15, -0.1) is 0 Å². The van der Waals surface area contributed by atoms with Gasteiger partial charge in [0.2, 0.25) is 0 Å². The monoisotopic (exact) mass is 208 g/mol. The molecule has 0 aliphatic heterocycles. The maximum atomic E-state index is 9.26. The number of rotatable bonds is 2. The summed E-state index contributed by atoms with van der Waals surface area (Å²) in [5.74, 6) is 0. The van der Waals surface area contributed by atoms with Crippen LogP contribution in [0.4, 0.5) is 0 Å². The van der Waals surface area contributed by atoms with E-state index in [0.29, 0.717) is 6.04 Å². The van der Waals surface area contributed by atoms with Crippen LogP contribution in [0, 0.1) is 13.8 Å². The standard InChI is InChI=1S/C12H20N2O/c1-9-12(8-15)10(2)14(13-9)11-6-4-3-5-7-11/h11,15H,3-8H2,1-2H3.